The molecule has 0 atom stereocenters. The summed E-state index contributed by atoms with van der Waals surface area (Å²) in [4.78, 5) is 20.4. The van der Waals surface area contributed by atoms with E-state index in [1.165, 1.54) is 0 Å². The summed E-state index contributed by atoms with van der Waals surface area (Å²) in [5, 5.41) is 0. The maximum absolute atomic E-state index is 10.6. The summed E-state index contributed by atoms with van der Waals surface area (Å²) in [5.74, 6) is 0.469. The molecule has 0 aromatic heterocycles. The van der Waals surface area contributed by atoms with Gasteiger partial charge in [0.15, 0.2) is 0 Å². The number of benzene rings is 1. The summed E-state index contributed by atoms with van der Waals surface area (Å²) in [6.45, 7) is 9.04. The van der Waals surface area contributed by atoms with Crippen LogP contribution in [0.4, 0.5) is 0 Å². The second kappa shape index (κ2) is 12.6. The second-order valence-electron chi connectivity index (χ2n) is 3.42. The van der Waals surface area contributed by atoms with Crippen molar-refractivity contribution in [2.24, 2.45) is 0 Å². The lowest BCUT2D eigenvalue weighted by Gasteiger charge is -1.93. The fraction of sp³-hybridized carbons (Fsp3) is 0.467. The molecule has 0 saturated carbocycles. The average Bonchev–Trinajstić information content (AvgIpc) is 2.33. The first-order chi connectivity index (χ1) is 8.06. The van der Waals surface area contributed by atoms with Gasteiger partial charge >= 0.3 is 0 Å². The molecular weight excluding hydrogens is 212 g/mol. The van der Waals surface area contributed by atoms with Crippen molar-refractivity contribution in [1.82, 2.24) is 0 Å². The molecule has 1 aromatic rings. The number of carbonyl (C=O) groups excluding carboxylic acids is 2. The molecule has 0 heterocycles. The molecule has 0 radical (unpaired) electrons. The predicted molar refractivity (Wildman–Crippen MR) is 73.1 cm³/mol. The molecule has 0 bridgehead atoms. The third-order valence-electron chi connectivity index (χ3n) is 1.79. The zero-order valence-electron chi connectivity index (χ0n) is 11.6. The van der Waals surface area contributed by atoms with Crippen molar-refractivity contribution in [3.63, 3.8) is 0 Å². The minimum atomic E-state index is 0.214. The summed E-state index contributed by atoms with van der Waals surface area (Å²) in [6, 6.07) is 9.75. The Morgan fingerprint density at radius 2 is 1.35 bits per heavy atom. The van der Waals surface area contributed by atoms with Crippen LogP contribution in [0.3, 0.4) is 0 Å². The van der Waals surface area contributed by atoms with Crippen molar-refractivity contribution in [2.45, 2.75) is 47.5 Å². The first kappa shape index (κ1) is 17.9. The monoisotopic (exact) mass is 236 g/mol. The number of hydrogen-bond acceptors (Lipinski definition) is 2. The zero-order chi connectivity index (χ0) is 13.7. The van der Waals surface area contributed by atoms with E-state index in [-0.39, 0.29) is 11.6 Å². The lowest BCUT2D eigenvalue weighted by molar-refractivity contribution is -0.117. The fourth-order valence-corrected chi connectivity index (χ4v) is 0.883. The van der Waals surface area contributed by atoms with Crippen LogP contribution in [-0.4, -0.2) is 11.6 Å². The van der Waals surface area contributed by atoms with E-state index < -0.39 is 0 Å². The average molecular weight is 236 g/mol. The summed E-state index contributed by atoms with van der Waals surface area (Å²) in [5.41, 5.74) is 1.09. The highest BCUT2D eigenvalue weighted by atomic mass is 16.1. The molecule has 0 amide bonds. The molecule has 17 heavy (non-hydrogen) atoms. The number of Topliss-reactive ketones (excluding diaryl/α,β-unsaturated/α-hetero) is 2. The molecule has 0 fully saturated rings. The molecular formula is C15H24O2. The van der Waals surface area contributed by atoms with E-state index in [2.05, 4.69) is 0 Å². The van der Waals surface area contributed by atoms with Crippen LogP contribution in [0.5, 0.6) is 0 Å². The number of hydrogen-bond donors (Lipinski definition) is 0. The molecule has 2 heteroatoms. The molecule has 0 saturated heterocycles. The summed E-state index contributed by atoms with van der Waals surface area (Å²) in [6.07, 6.45) is 1.22. The van der Waals surface area contributed by atoms with Crippen LogP contribution < -0.4 is 0 Å². The molecule has 0 aliphatic rings. The van der Waals surface area contributed by atoms with E-state index in [4.69, 9.17) is 0 Å². The normalized spacial score (nSPS) is 8.06. The van der Waals surface area contributed by atoms with E-state index in [0.717, 1.165) is 5.56 Å². The van der Waals surface area contributed by atoms with Gasteiger partial charge in [-0.2, -0.15) is 0 Å². The van der Waals surface area contributed by atoms with Crippen molar-refractivity contribution in [2.75, 3.05) is 0 Å². The van der Waals surface area contributed by atoms with Crippen LogP contribution in [0.25, 0.3) is 0 Å². The van der Waals surface area contributed by atoms with Gasteiger partial charge in [-0.15, -0.1) is 0 Å². The Kier molecular flexibility index (Phi) is 13.3. The van der Waals surface area contributed by atoms with E-state index in [1.807, 2.05) is 51.1 Å². The number of ketones is 2. The lowest BCUT2D eigenvalue weighted by atomic mass is 10.1. The van der Waals surface area contributed by atoms with Gasteiger partial charge in [0.1, 0.15) is 11.6 Å². The summed E-state index contributed by atoms with van der Waals surface area (Å²) in [7, 11) is 0. The number of carbonyl (C=O) groups is 2. The highest BCUT2D eigenvalue weighted by Gasteiger charge is 1.93. The minimum absolute atomic E-state index is 0.214. The fourth-order valence-electron chi connectivity index (χ4n) is 0.883. The highest BCUT2D eigenvalue weighted by molar-refractivity contribution is 5.78. The summed E-state index contributed by atoms with van der Waals surface area (Å²) < 4.78 is 0. The van der Waals surface area contributed by atoms with Crippen molar-refractivity contribution < 1.29 is 9.59 Å². The van der Waals surface area contributed by atoms with Gasteiger partial charge in [0, 0.05) is 12.8 Å². The van der Waals surface area contributed by atoms with Gasteiger partial charge in [-0.3, -0.25) is 4.79 Å². The zero-order valence-corrected chi connectivity index (χ0v) is 11.6. The van der Waals surface area contributed by atoms with Crippen molar-refractivity contribution >= 4 is 11.6 Å². The van der Waals surface area contributed by atoms with Crippen LogP contribution in [0, 0.1) is 0 Å². The van der Waals surface area contributed by atoms with E-state index in [1.54, 1.807) is 13.8 Å². The third-order valence-corrected chi connectivity index (χ3v) is 1.79. The Morgan fingerprint density at radius 1 is 0.941 bits per heavy atom. The summed E-state index contributed by atoms with van der Waals surface area (Å²) >= 11 is 0. The Bertz CT molecular complexity index is 302. The molecule has 0 aliphatic carbocycles. The van der Waals surface area contributed by atoms with E-state index in [9.17, 15) is 9.59 Å². The van der Waals surface area contributed by atoms with Crippen molar-refractivity contribution in [1.29, 1.82) is 0 Å². The van der Waals surface area contributed by atoms with Gasteiger partial charge in [-0.25, -0.2) is 0 Å². The predicted octanol–water partition coefficient (Wildman–Crippen LogP) is 3.83. The van der Waals surface area contributed by atoms with Crippen LogP contribution in [0.15, 0.2) is 30.3 Å². The van der Waals surface area contributed by atoms with Gasteiger partial charge in [0.25, 0.3) is 0 Å². The molecule has 0 spiro atoms. The lowest BCUT2D eigenvalue weighted by Crippen LogP contribution is -1.94. The largest absolute Gasteiger partial charge is 0.300 e. The quantitative estimate of drug-likeness (QED) is 0.799. The highest BCUT2D eigenvalue weighted by Crippen LogP contribution is 1.98. The van der Waals surface area contributed by atoms with Crippen LogP contribution in [-0.2, 0) is 16.0 Å². The van der Waals surface area contributed by atoms with Crippen LogP contribution >= 0.6 is 0 Å². The maximum atomic E-state index is 10.6. The van der Waals surface area contributed by atoms with Gasteiger partial charge < -0.3 is 4.79 Å². The van der Waals surface area contributed by atoms with Gasteiger partial charge in [0.05, 0.1) is 0 Å². The molecule has 96 valence electrons. The first-order valence-corrected chi connectivity index (χ1v) is 6.09. The standard InChI is InChI=1S/C9H10O.C4H8O.C2H6/c1-8(10)7-9-5-3-2-4-6-9;1-3-4(2)5;1-2/h2-6H,7H2,1H3;3H2,1-2H3;1-2H3. The molecule has 0 unspecified atom stereocenters. The molecule has 1 rings (SSSR count). The van der Waals surface area contributed by atoms with Crippen molar-refractivity contribution in [3.05, 3.63) is 35.9 Å². The maximum Gasteiger partial charge on any atom is 0.134 e. The van der Waals surface area contributed by atoms with Crippen LogP contribution in [0.1, 0.15) is 46.6 Å². The number of rotatable bonds is 3. The Labute approximate surface area is 105 Å². The molecule has 2 nitrogen and oxygen atoms in total. The minimum Gasteiger partial charge on any atom is -0.300 e. The topological polar surface area (TPSA) is 34.1 Å². The molecule has 0 N–H and O–H groups in total. The van der Waals surface area contributed by atoms with Crippen LogP contribution in [0.2, 0.25) is 0 Å². The van der Waals surface area contributed by atoms with Crippen molar-refractivity contribution in [3.8, 4) is 0 Å². The Morgan fingerprint density at radius 3 is 1.65 bits per heavy atom. The van der Waals surface area contributed by atoms with Gasteiger partial charge in [-0.05, 0) is 19.4 Å². The Balaban J connectivity index is 0. The molecule has 1 aromatic carbocycles. The Hall–Kier alpha value is -1.44. The first-order valence-electron chi connectivity index (χ1n) is 6.09. The third kappa shape index (κ3) is 14.6. The smallest absolute Gasteiger partial charge is 0.134 e. The van der Waals surface area contributed by atoms with E-state index in [0.29, 0.717) is 12.8 Å². The SMILES string of the molecule is CC.CC(=O)Cc1ccccc1.CCC(C)=O. The van der Waals surface area contributed by atoms with Gasteiger partial charge in [-0.1, -0.05) is 51.1 Å². The molecule has 0 aliphatic heterocycles. The van der Waals surface area contributed by atoms with Gasteiger partial charge in [0.2, 0.25) is 0 Å². The van der Waals surface area contributed by atoms with E-state index >= 15 is 0 Å². The second-order valence-corrected chi connectivity index (χ2v) is 3.42.